The first-order valence-electron chi connectivity index (χ1n) is 6.01. The lowest BCUT2D eigenvalue weighted by Crippen LogP contribution is -2.25. The minimum absolute atomic E-state index is 0.210. The van der Waals surface area contributed by atoms with Crippen LogP contribution in [0.25, 0.3) is 0 Å². The predicted molar refractivity (Wildman–Crippen MR) is 68.9 cm³/mol. The lowest BCUT2D eigenvalue weighted by molar-refractivity contribution is -0.154. The van der Waals surface area contributed by atoms with Crippen molar-refractivity contribution in [3.63, 3.8) is 0 Å². The van der Waals surface area contributed by atoms with Gasteiger partial charge < -0.3 is 9.84 Å². The standard InChI is InChI=1S/C12H16O3.C2H6/c1-3-15-12(14)11(13)8-10-6-4-9(2)5-7-10;1-2/h4-7,12,14H,3,8H2,1-2H3;1-2H3. The van der Waals surface area contributed by atoms with Gasteiger partial charge in [0.15, 0.2) is 5.78 Å². The van der Waals surface area contributed by atoms with Crippen molar-refractivity contribution < 1.29 is 14.6 Å². The van der Waals surface area contributed by atoms with Crippen molar-refractivity contribution >= 4 is 5.78 Å². The third-order valence-electron chi connectivity index (χ3n) is 2.10. The SMILES string of the molecule is CC.CCOC(O)C(=O)Cc1ccc(C)cc1. The third-order valence-corrected chi connectivity index (χ3v) is 2.10. The smallest absolute Gasteiger partial charge is 0.215 e. The molecule has 1 aromatic carbocycles. The number of Topliss-reactive ketones (excluding diaryl/α,β-unsaturated/α-hetero) is 1. The van der Waals surface area contributed by atoms with Crippen LogP contribution in [0, 0.1) is 6.92 Å². The molecule has 0 saturated heterocycles. The largest absolute Gasteiger partial charge is 0.362 e. The normalized spacial score (nSPS) is 11.4. The van der Waals surface area contributed by atoms with Gasteiger partial charge in [-0.2, -0.15) is 0 Å². The molecule has 0 fully saturated rings. The van der Waals surface area contributed by atoms with Crippen LogP contribution in [0.3, 0.4) is 0 Å². The molecule has 1 atom stereocenters. The Morgan fingerprint density at radius 1 is 1.29 bits per heavy atom. The molecule has 3 heteroatoms. The Labute approximate surface area is 103 Å². The molecule has 0 heterocycles. The maximum absolute atomic E-state index is 11.4. The first-order chi connectivity index (χ1) is 8.13. The minimum Gasteiger partial charge on any atom is -0.362 e. The third kappa shape index (κ3) is 6.19. The van der Waals surface area contributed by atoms with Crippen LogP contribution in [0.5, 0.6) is 0 Å². The predicted octanol–water partition coefficient (Wildman–Crippen LogP) is 2.49. The maximum atomic E-state index is 11.4. The van der Waals surface area contributed by atoms with Gasteiger partial charge in [-0.15, -0.1) is 0 Å². The van der Waals surface area contributed by atoms with Crippen molar-refractivity contribution in [2.45, 2.75) is 40.4 Å². The molecule has 1 unspecified atom stereocenters. The average molecular weight is 238 g/mol. The van der Waals surface area contributed by atoms with E-state index >= 15 is 0 Å². The van der Waals surface area contributed by atoms with Crippen molar-refractivity contribution in [2.24, 2.45) is 0 Å². The van der Waals surface area contributed by atoms with Gasteiger partial charge in [0.2, 0.25) is 6.29 Å². The van der Waals surface area contributed by atoms with Gasteiger partial charge in [-0.05, 0) is 19.4 Å². The second kappa shape index (κ2) is 8.90. The fourth-order valence-corrected chi connectivity index (χ4v) is 1.25. The van der Waals surface area contributed by atoms with E-state index in [0.29, 0.717) is 6.61 Å². The van der Waals surface area contributed by atoms with Gasteiger partial charge in [-0.1, -0.05) is 43.7 Å². The summed E-state index contributed by atoms with van der Waals surface area (Å²) < 4.78 is 4.81. The first kappa shape index (κ1) is 15.8. The van der Waals surface area contributed by atoms with Gasteiger partial charge >= 0.3 is 0 Å². The molecule has 0 radical (unpaired) electrons. The van der Waals surface area contributed by atoms with Gasteiger partial charge in [0, 0.05) is 13.0 Å². The van der Waals surface area contributed by atoms with Crippen molar-refractivity contribution in [1.29, 1.82) is 0 Å². The highest BCUT2D eigenvalue weighted by molar-refractivity contribution is 5.83. The fourth-order valence-electron chi connectivity index (χ4n) is 1.25. The highest BCUT2D eigenvalue weighted by Crippen LogP contribution is 2.05. The van der Waals surface area contributed by atoms with E-state index in [0.717, 1.165) is 11.1 Å². The molecule has 0 aliphatic heterocycles. The summed E-state index contributed by atoms with van der Waals surface area (Å²) in [5, 5.41) is 9.26. The number of rotatable bonds is 5. The molecule has 1 N–H and O–H groups in total. The summed E-state index contributed by atoms with van der Waals surface area (Å²) in [5.41, 5.74) is 2.04. The van der Waals surface area contributed by atoms with Crippen LogP contribution in [0.1, 0.15) is 31.9 Å². The molecule has 96 valence electrons. The maximum Gasteiger partial charge on any atom is 0.215 e. The van der Waals surface area contributed by atoms with Gasteiger partial charge in [0.05, 0.1) is 0 Å². The van der Waals surface area contributed by atoms with E-state index in [1.165, 1.54) is 0 Å². The number of aliphatic hydroxyl groups is 1. The zero-order valence-electron chi connectivity index (χ0n) is 11.1. The van der Waals surface area contributed by atoms with Crippen LogP contribution in [0.15, 0.2) is 24.3 Å². The number of ketones is 1. The number of carbonyl (C=O) groups excluding carboxylic acids is 1. The van der Waals surface area contributed by atoms with Crippen LogP contribution in [0.2, 0.25) is 0 Å². The molecule has 0 aliphatic rings. The van der Waals surface area contributed by atoms with Gasteiger partial charge in [0.1, 0.15) is 0 Å². The zero-order chi connectivity index (χ0) is 13.3. The van der Waals surface area contributed by atoms with Crippen molar-refractivity contribution in [3.8, 4) is 0 Å². The Morgan fingerprint density at radius 2 is 1.82 bits per heavy atom. The summed E-state index contributed by atoms with van der Waals surface area (Å²) in [7, 11) is 0. The van der Waals surface area contributed by atoms with Crippen molar-refractivity contribution in [1.82, 2.24) is 0 Å². The molecule has 1 aromatic rings. The van der Waals surface area contributed by atoms with E-state index in [4.69, 9.17) is 4.74 Å². The topological polar surface area (TPSA) is 46.5 Å². The summed E-state index contributed by atoms with van der Waals surface area (Å²) >= 11 is 0. The quantitative estimate of drug-likeness (QED) is 0.802. The van der Waals surface area contributed by atoms with Crippen LogP contribution >= 0.6 is 0 Å². The second-order valence-corrected chi connectivity index (χ2v) is 3.44. The van der Waals surface area contributed by atoms with Crippen molar-refractivity contribution in [3.05, 3.63) is 35.4 Å². The van der Waals surface area contributed by atoms with E-state index in [9.17, 15) is 9.90 Å². The molecule has 0 aliphatic carbocycles. The van der Waals surface area contributed by atoms with Gasteiger partial charge in [-0.3, -0.25) is 4.79 Å². The number of ether oxygens (including phenoxy) is 1. The summed E-state index contributed by atoms with van der Waals surface area (Å²) in [6.45, 7) is 8.06. The first-order valence-corrected chi connectivity index (χ1v) is 6.01. The Bertz CT molecular complexity index is 317. The second-order valence-electron chi connectivity index (χ2n) is 3.44. The van der Waals surface area contributed by atoms with Crippen LogP contribution < -0.4 is 0 Å². The molecule has 3 nitrogen and oxygen atoms in total. The van der Waals surface area contributed by atoms with Gasteiger partial charge in [0.25, 0.3) is 0 Å². The van der Waals surface area contributed by atoms with E-state index in [-0.39, 0.29) is 12.2 Å². The van der Waals surface area contributed by atoms with E-state index in [1.54, 1.807) is 6.92 Å². The lowest BCUT2D eigenvalue weighted by Gasteiger charge is -2.09. The molecule has 0 amide bonds. The Hall–Kier alpha value is -1.19. The fraction of sp³-hybridized carbons (Fsp3) is 0.500. The van der Waals surface area contributed by atoms with E-state index in [2.05, 4.69) is 0 Å². The molecule has 0 saturated carbocycles. The Balaban J connectivity index is 0.00000121. The highest BCUT2D eigenvalue weighted by atomic mass is 16.6. The summed E-state index contributed by atoms with van der Waals surface area (Å²) in [6.07, 6.45) is -1.09. The van der Waals surface area contributed by atoms with Gasteiger partial charge in [-0.25, -0.2) is 0 Å². The number of carbonyl (C=O) groups is 1. The Kier molecular flexibility index (Phi) is 8.28. The monoisotopic (exact) mass is 238 g/mol. The Morgan fingerprint density at radius 3 is 2.29 bits per heavy atom. The number of hydrogen-bond acceptors (Lipinski definition) is 3. The number of benzene rings is 1. The lowest BCUT2D eigenvalue weighted by atomic mass is 10.1. The average Bonchev–Trinajstić information content (AvgIpc) is 2.35. The molecular weight excluding hydrogens is 216 g/mol. The summed E-state index contributed by atoms with van der Waals surface area (Å²) in [5.74, 6) is -0.305. The van der Waals surface area contributed by atoms with Crippen LogP contribution in [0.4, 0.5) is 0 Å². The molecular formula is C14H22O3. The molecule has 1 rings (SSSR count). The van der Waals surface area contributed by atoms with Crippen molar-refractivity contribution in [2.75, 3.05) is 6.61 Å². The van der Waals surface area contributed by atoms with Crippen LogP contribution in [-0.2, 0) is 16.0 Å². The molecule has 17 heavy (non-hydrogen) atoms. The minimum atomic E-state index is -1.30. The molecule has 0 bridgehead atoms. The summed E-state index contributed by atoms with van der Waals surface area (Å²) in [4.78, 5) is 11.4. The number of aryl methyl sites for hydroxylation is 1. The zero-order valence-corrected chi connectivity index (χ0v) is 11.1. The number of hydrogen-bond donors (Lipinski definition) is 1. The highest BCUT2D eigenvalue weighted by Gasteiger charge is 2.14. The number of aliphatic hydroxyl groups excluding tert-OH is 1. The molecule has 0 spiro atoms. The van der Waals surface area contributed by atoms with Crippen LogP contribution in [-0.4, -0.2) is 23.8 Å². The molecule has 0 aromatic heterocycles. The van der Waals surface area contributed by atoms with E-state index in [1.807, 2.05) is 45.0 Å². The summed E-state index contributed by atoms with van der Waals surface area (Å²) in [6, 6.07) is 7.64. The van der Waals surface area contributed by atoms with E-state index < -0.39 is 6.29 Å².